The largest absolute Gasteiger partial charge is 0.411 e. The first-order valence-electron chi connectivity index (χ1n) is 9.54. The number of hydrogen-bond acceptors (Lipinski definition) is 7. The molecule has 1 aromatic heterocycles. The fourth-order valence-corrected chi connectivity index (χ4v) is 5.17. The number of amides is 1. The van der Waals surface area contributed by atoms with Gasteiger partial charge in [0.05, 0.1) is 10.6 Å². The van der Waals surface area contributed by atoms with E-state index < -0.39 is 10.0 Å². The van der Waals surface area contributed by atoms with Gasteiger partial charge < -0.3 is 9.73 Å². The molecule has 1 N–H and O–H groups in total. The maximum atomic E-state index is 12.9. The van der Waals surface area contributed by atoms with Crippen LogP contribution in [-0.4, -0.2) is 47.7 Å². The van der Waals surface area contributed by atoms with Crippen molar-refractivity contribution in [2.24, 2.45) is 0 Å². The van der Waals surface area contributed by atoms with Crippen molar-refractivity contribution in [2.75, 3.05) is 24.2 Å². The summed E-state index contributed by atoms with van der Waals surface area (Å²) in [7, 11) is -3.48. The molecule has 0 bridgehead atoms. The Morgan fingerprint density at radius 1 is 1.06 bits per heavy atom. The SMILES string of the molecule is O=C(CSc1nnc(-c2ccc(S(=O)(=O)N3CCCC3)cc2)o1)Nc1ccc(F)cc1. The number of aromatic nitrogens is 2. The van der Waals surface area contributed by atoms with Gasteiger partial charge in [-0.15, -0.1) is 10.2 Å². The molecule has 1 aliphatic rings. The van der Waals surface area contributed by atoms with E-state index in [9.17, 15) is 17.6 Å². The summed E-state index contributed by atoms with van der Waals surface area (Å²) in [6, 6.07) is 11.7. The molecule has 4 rings (SSSR count). The third-order valence-corrected chi connectivity index (χ3v) is 7.40. The Morgan fingerprint density at radius 2 is 1.74 bits per heavy atom. The second-order valence-corrected chi connectivity index (χ2v) is 9.72. The van der Waals surface area contributed by atoms with E-state index >= 15 is 0 Å². The number of sulfonamides is 1. The molecule has 0 unspecified atom stereocenters. The van der Waals surface area contributed by atoms with E-state index in [2.05, 4.69) is 15.5 Å². The van der Waals surface area contributed by atoms with Crippen LogP contribution in [0.15, 0.2) is 63.1 Å². The van der Waals surface area contributed by atoms with Crippen LogP contribution in [-0.2, 0) is 14.8 Å². The third kappa shape index (κ3) is 5.12. The first-order chi connectivity index (χ1) is 14.9. The molecule has 1 saturated heterocycles. The van der Waals surface area contributed by atoms with Crippen LogP contribution in [0.2, 0.25) is 0 Å². The Bertz CT molecular complexity index is 1160. The minimum atomic E-state index is -3.48. The quantitative estimate of drug-likeness (QED) is 0.537. The van der Waals surface area contributed by atoms with Crippen molar-refractivity contribution < 1.29 is 22.0 Å². The van der Waals surface area contributed by atoms with E-state index in [4.69, 9.17) is 4.42 Å². The Morgan fingerprint density at radius 3 is 2.42 bits per heavy atom. The maximum Gasteiger partial charge on any atom is 0.277 e. The fourth-order valence-electron chi connectivity index (χ4n) is 3.09. The Hall–Kier alpha value is -2.76. The average Bonchev–Trinajstić information content (AvgIpc) is 3.47. The fraction of sp³-hybridized carbons (Fsp3) is 0.250. The summed E-state index contributed by atoms with van der Waals surface area (Å²) in [4.78, 5) is 12.2. The number of thioether (sulfide) groups is 1. The van der Waals surface area contributed by atoms with E-state index in [0.717, 1.165) is 24.6 Å². The first kappa shape index (κ1) is 21.5. The second kappa shape index (κ2) is 9.16. The smallest absolute Gasteiger partial charge is 0.277 e. The molecule has 2 heterocycles. The van der Waals surface area contributed by atoms with Crippen LogP contribution < -0.4 is 5.32 Å². The van der Waals surface area contributed by atoms with Gasteiger partial charge in [0.1, 0.15) is 5.82 Å². The van der Waals surface area contributed by atoms with E-state index in [-0.39, 0.29) is 33.5 Å². The highest BCUT2D eigenvalue weighted by atomic mass is 32.2. The van der Waals surface area contributed by atoms with E-state index in [1.165, 1.54) is 40.7 Å². The van der Waals surface area contributed by atoms with Crippen LogP contribution >= 0.6 is 11.8 Å². The molecular weight excluding hydrogens is 443 g/mol. The zero-order chi connectivity index (χ0) is 21.8. The number of carbonyl (C=O) groups is 1. The number of halogens is 1. The van der Waals surface area contributed by atoms with Gasteiger partial charge >= 0.3 is 0 Å². The predicted molar refractivity (Wildman–Crippen MR) is 113 cm³/mol. The molecule has 0 radical (unpaired) electrons. The zero-order valence-corrected chi connectivity index (χ0v) is 18.0. The lowest BCUT2D eigenvalue weighted by Crippen LogP contribution is -2.27. The van der Waals surface area contributed by atoms with Gasteiger partial charge in [-0.05, 0) is 61.4 Å². The third-order valence-electron chi connectivity index (χ3n) is 4.67. The van der Waals surface area contributed by atoms with Crippen molar-refractivity contribution in [3.05, 3.63) is 54.3 Å². The monoisotopic (exact) mass is 462 g/mol. The molecule has 162 valence electrons. The molecule has 1 fully saturated rings. The van der Waals surface area contributed by atoms with Crippen molar-refractivity contribution in [1.29, 1.82) is 0 Å². The molecule has 3 aromatic rings. The molecule has 0 atom stereocenters. The van der Waals surface area contributed by atoms with Gasteiger partial charge in [0, 0.05) is 24.3 Å². The molecule has 0 spiro atoms. The van der Waals surface area contributed by atoms with Crippen molar-refractivity contribution >= 4 is 33.4 Å². The van der Waals surface area contributed by atoms with Gasteiger partial charge in [-0.25, -0.2) is 12.8 Å². The van der Waals surface area contributed by atoms with Crippen LogP contribution in [0, 0.1) is 5.82 Å². The lowest BCUT2D eigenvalue weighted by Gasteiger charge is -2.15. The minimum Gasteiger partial charge on any atom is -0.411 e. The van der Waals surface area contributed by atoms with Crippen molar-refractivity contribution in [3.8, 4) is 11.5 Å². The summed E-state index contributed by atoms with van der Waals surface area (Å²) in [5.74, 6) is -0.418. The normalized spacial score (nSPS) is 14.6. The highest BCUT2D eigenvalue weighted by molar-refractivity contribution is 7.99. The number of nitrogens with zero attached hydrogens (tertiary/aromatic N) is 3. The Labute approximate surface area is 182 Å². The summed E-state index contributed by atoms with van der Waals surface area (Å²) in [6.45, 7) is 1.09. The van der Waals surface area contributed by atoms with Crippen molar-refractivity contribution in [3.63, 3.8) is 0 Å². The van der Waals surface area contributed by atoms with E-state index in [1.54, 1.807) is 12.1 Å². The van der Waals surface area contributed by atoms with E-state index in [0.29, 0.717) is 24.3 Å². The van der Waals surface area contributed by atoms with E-state index in [1.807, 2.05) is 0 Å². The molecule has 8 nitrogen and oxygen atoms in total. The van der Waals surface area contributed by atoms with Crippen molar-refractivity contribution in [1.82, 2.24) is 14.5 Å². The van der Waals surface area contributed by atoms with Crippen LogP contribution in [0.3, 0.4) is 0 Å². The molecule has 0 aliphatic carbocycles. The van der Waals surface area contributed by atoms with Gasteiger partial charge in [-0.1, -0.05) is 11.8 Å². The van der Waals surface area contributed by atoms with Gasteiger partial charge in [-0.2, -0.15) is 4.31 Å². The van der Waals surface area contributed by atoms with Crippen LogP contribution in [0.25, 0.3) is 11.5 Å². The second-order valence-electron chi connectivity index (χ2n) is 6.85. The predicted octanol–water partition coefficient (Wildman–Crippen LogP) is 3.39. The van der Waals surface area contributed by atoms with Crippen LogP contribution in [0.5, 0.6) is 0 Å². The Kier molecular flexibility index (Phi) is 6.35. The number of benzene rings is 2. The molecular formula is C20H19FN4O4S2. The topological polar surface area (TPSA) is 105 Å². The number of hydrogen-bond donors (Lipinski definition) is 1. The summed E-state index contributed by atoms with van der Waals surface area (Å²) in [5.41, 5.74) is 1.07. The lowest BCUT2D eigenvalue weighted by molar-refractivity contribution is -0.113. The minimum absolute atomic E-state index is 0.0338. The number of rotatable bonds is 7. The van der Waals surface area contributed by atoms with Crippen molar-refractivity contribution in [2.45, 2.75) is 23.0 Å². The molecule has 1 amide bonds. The molecule has 11 heteroatoms. The van der Waals surface area contributed by atoms with Gasteiger partial charge in [0.2, 0.25) is 21.8 Å². The average molecular weight is 463 g/mol. The summed E-state index contributed by atoms with van der Waals surface area (Å²) >= 11 is 1.06. The molecule has 2 aromatic carbocycles. The maximum absolute atomic E-state index is 12.9. The van der Waals surface area contributed by atoms with Gasteiger partial charge in [0.25, 0.3) is 5.22 Å². The lowest BCUT2D eigenvalue weighted by atomic mass is 10.2. The Balaban J connectivity index is 1.36. The molecule has 0 saturated carbocycles. The number of anilines is 1. The van der Waals surface area contributed by atoms with Crippen LogP contribution in [0.4, 0.5) is 10.1 Å². The van der Waals surface area contributed by atoms with Crippen LogP contribution in [0.1, 0.15) is 12.8 Å². The highest BCUT2D eigenvalue weighted by Gasteiger charge is 2.27. The summed E-state index contributed by atoms with van der Waals surface area (Å²) < 4.78 is 45.2. The standard InChI is InChI=1S/C20H19FN4O4S2/c21-15-5-7-16(8-6-15)22-18(26)13-30-20-24-23-19(29-20)14-3-9-17(10-4-14)31(27,28)25-11-1-2-12-25/h3-10H,1-2,11-13H2,(H,22,26). The summed E-state index contributed by atoms with van der Waals surface area (Å²) in [5, 5.41) is 10.7. The summed E-state index contributed by atoms with van der Waals surface area (Å²) in [6.07, 6.45) is 1.75. The highest BCUT2D eigenvalue weighted by Crippen LogP contribution is 2.26. The van der Waals surface area contributed by atoms with Gasteiger partial charge in [-0.3, -0.25) is 4.79 Å². The molecule has 31 heavy (non-hydrogen) atoms. The van der Waals surface area contributed by atoms with Gasteiger partial charge in [0.15, 0.2) is 0 Å². The number of nitrogens with one attached hydrogen (secondary N) is 1. The zero-order valence-electron chi connectivity index (χ0n) is 16.3. The molecule has 1 aliphatic heterocycles. The number of carbonyl (C=O) groups excluding carboxylic acids is 1. The first-order valence-corrected chi connectivity index (χ1v) is 12.0.